The fourth-order valence-electron chi connectivity index (χ4n) is 1.95. The number of piperidine rings is 1. The number of nitrogens with zero attached hydrogens (tertiary/aromatic N) is 1. The zero-order valence-electron chi connectivity index (χ0n) is 9.89. The SMILES string of the molecule is N#Cc1ccc(S(=O)(=O)N[C@H]2CCCNC2)cc1. The number of hydrogen-bond acceptors (Lipinski definition) is 4. The molecule has 18 heavy (non-hydrogen) atoms. The highest BCUT2D eigenvalue weighted by molar-refractivity contribution is 7.89. The van der Waals surface area contributed by atoms with Crippen LogP contribution in [0.1, 0.15) is 18.4 Å². The second-order valence-corrected chi connectivity index (χ2v) is 6.01. The lowest BCUT2D eigenvalue weighted by Crippen LogP contribution is -2.45. The molecular formula is C12H15N3O2S. The van der Waals surface area contributed by atoms with Gasteiger partial charge in [-0.15, -0.1) is 0 Å². The van der Waals surface area contributed by atoms with Gasteiger partial charge in [-0.05, 0) is 43.7 Å². The van der Waals surface area contributed by atoms with Gasteiger partial charge >= 0.3 is 0 Å². The van der Waals surface area contributed by atoms with Crippen LogP contribution in [0.4, 0.5) is 0 Å². The zero-order chi connectivity index (χ0) is 13.0. The lowest BCUT2D eigenvalue weighted by molar-refractivity contribution is 0.428. The molecule has 0 amide bonds. The maximum atomic E-state index is 12.1. The molecule has 1 aliphatic heterocycles. The van der Waals surface area contributed by atoms with Gasteiger partial charge in [0.2, 0.25) is 10.0 Å². The molecule has 1 atom stereocenters. The standard InChI is InChI=1S/C12H15N3O2S/c13-8-10-3-5-12(6-4-10)18(16,17)15-11-2-1-7-14-9-11/h3-6,11,14-15H,1-2,7,9H2/t11-/m0/s1. The van der Waals surface area contributed by atoms with Crippen molar-refractivity contribution >= 4 is 10.0 Å². The Morgan fingerprint density at radius 1 is 1.33 bits per heavy atom. The maximum absolute atomic E-state index is 12.1. The fourth-order valence-corrected chi connectivity index (χ4v) is 3.22. The van der Waals surface area contributed by atoms with Crippen molar-refractivity contribution in [2.24, 2.45) is 0 Å². The summed E-state index contributed by atoms with van der Waals surface area (Å²) in [7, 11) is -3.48. The molecule has 0 saturated carbocycles. The van der Waals surface area contributed by atoms with E-state index < -0.39 is 10.0 Å². The summed E-state index contributed by atoms with van der Waals surface area (Å²) in [5.41, 5.74) is 0.452. The minimum absolute atomic E-state index is 0.0561. The van der Waals surface area contributed by atoms with Crippen molar-refractivity contribution in [3.05, 3.63) is 29.8 Å². The molecular weight excluding hydrogens is 250 g/mol. The number of rotatable bonds is 3. The second-order valence-electron chi connectivity index (χ2n) is 4.30. The van der Waals surface area contributed by atoms with Crippen LogP contribution in [0.25, 0.3) is 0 Å². The van der Waals surface area contributed by atoms with Crippen LogP contribution in [-0.2, 0) is 10.0 Å². The number of hydrogen-bond donors (Lipinski definition) is 2. The Kier molecular flexibility index (Phi) is 3.97. The molecule has 0 radical (unpaired) electrons. The van der Waals surface area contributed by atoms with Gasteiger partial charge in [0.25, 0.3) is 0 Å². The normalized spacial score (nSPS) is 20.3. The highest BCUT2D eigenvalue weighted by atomic mass is 32.2. The minimum Gasteiger partial charge on any atom is -0.315 e. The van der Waals surface area contributed by atoms with E-state index in [0.717, 1.165) is 19.4 Å². The first kappa shape index (κ1) is 13.0. The molecule has 2 rings (SSSR count). The van der Waals surface area contributed by atoms with Gasteiger partial charge in [0.05, 0.1) is 16.5 Å². The van der Waals surface area contributed by atoms with Crippen LogP contribution in [0.2, 0.25) is 0 Å². The van der Waals surface area contributed by atoms with Crippen molar-refractivity contribution in [1.82, 2.24) is 10.0 Å². The Morgan fingerprint density at radius 2 is 2.06 bits per heavy atom. The van der Waals surface area contributed by atoms with Gasteiger partial charge in [0.1, 0.15) is 0 Å². The molecule has 1 fully saturated rings. The van der Waals surface area contributed by atoms with Crippen molar-refractivity contribution in [1.29, 1.82) is 5.26 Å². The van der Waals surface area contributed by atoms with E-state index in [4.69, 9.17) is 5.26 Å². The molecule has 5 nitrogen and oxygen atoms in total. The van der Waals surface area contributed by atoms with Crippen LogP contribution < -0.4 is 10.0 Å². The third-order valence-electron chi connectivity index (χ3n) is 2.91. The summed E-state index contributed by atoms with van der Waals surface area (Å²) in [6.45, 7) is 1.60. The van der Waals surface area contributed by atoms with Gasteiger partial charge in [-0.3, -0.25) is 0 Å². The number of nitriles is 1. The molecule has 0 aromatic heterocycles. The summed E-state index contributed by atoms with van der Waals surface area (Å²) in [4.78, 5) is 0.201. The molecule has 1 aliphatic rings. The molecule has 0 spiro atoms. The van der Waals surface area contributed by atoms with Gasteiger partial charge in [0, 0.05) is 12.6 Å². The van der Waals surface area contributed by atoms with Crippen LogP contribution in [0.3, 0.4) is 0 Å². The molecule has 2 N–H and O–H groups in total. The molecule has 1 saturated heterocycles. The number of sulfonamides is 1. The minimum atomic E-state index is -3.48. The monoisotopic (exact) mass is 265 g/mol. The van der Waals surface area contributed by atoms with E-state index in [0.29, 0.717) is 12.1 Å². The predicted molar refractivity (Wildman–Crippen MR) is 67.4 cm³/mol. The van der Waals surface area contributed by atoms with Gasteiger partial charge in [-0.2, -0.15) is 5.26 Å². The van der Waals surface area contributed by atoms with E-state index in [1.165, 1.54) is 24.3 Å². The summed E-state index contributed by atoms with van der Waals surface area (Å²) in [5.74, 6) is 0. The van der Waals surface area contributed by atoms with Crippen LogP contribution in [0.5, 0.6) is 0 Å². The Morgan fingerprint density at radius 3 is 2.61 bits per heavy atom. The third-order valence-corrected chi connectivity index (χ3v) is 4.45. The summed E-state index contributed by atoms with van der Waals surface area (Å²) in [6, 6.07) is 7.83. The molecule has 1 heterocycles. The van der Waals surface area contributed by atoms with Crippen molar-refractivity contribution in [3.8, 4) is 6.07 Å². The van der Waals surface area contributed by atoms with Crippen molar-refractivity contribution in [2.45, 2.75) is 23.8 Å². The highest BCUT2D eigenvalue weighted by Gasteiger charge is 2.21. The van der Waals surface area contributed by atoms with Crippen molar-refractivity contribution in [3.63, 3.8) is 0 Å². The molecule has 0 unspecified atom stereocenters. The zero-order valence-corrected chi connectivity index (χ0v) is 10.7. The quantitative estimate of drug-likeness (QED) is 0.838. The molecule has 96 valence electrons. The lowest BCUT2D eigenvalue weighted by atomic mass is 10.1. The average molecular weight is 265 g/mol. The number of nitrogens with one attached hydrogen (secondary N) is 2. The van der Waals surface area contributed by atoms with Crippen LogP contribution in [0.15, 0.2) is 29.2 Å². The first-order valence-electron chi connectivity index (χ1n) is 5.85. The van der Waals surface area contributed by atoms with Gasteiger partial charge < -0.3 is 5.32 Å². The van der Waals surface area contributed by atoms with E-state index in [9.17, 15) is 8.42 Å². The topological polar surface area (TPSA) is 82.0 Å². The first-order chi connectivity index (χ1) is 8.62. The highest BCUT2D eigenvalue weighted by Crippen LogP contribution is 2.12. The van der Waals surface area contributed by atoms with Crippen LogP contribution >= 0.6 is 0 Å². The van der Waals surface area contributed by atoms with E-state index in [1.54, 1.807) is 0 Å². The Bertz CT molecular complexity index is 540. The van der Waals surface area contributed by atoms with E-state index in [1.807, 2.05) is 6.07 Å². The van der Waals surface area contributed by atoms with Crippen molar-refractivity contribution < 1.29 is 8.42 Å². The summed E-state index contributed by atoms with van der Waals surface area (Å²) in [5, 5.41) is 11.8. The van der Waals surface area contributed by atoms with Gasteiger partial charge in [-0.25, -0.2) is 13.1 Å². The Balaban J connectivity index is 2.12. The lowest BCUT2D eigenvalue weighted by Gasteiger charge is -2.23. The number of benzene rings is 1. The summed E-state index contributed by atoms with van der Waals surface area (Å²) in [6.07, 6.45) is 1.82. The first-order valence-corrected chi connectivity index (χ1v) is 7.33. The Hall–Kier alpha value is -1.42. The molecule has 0 aliphatic carbocycles. The molecule has 6 heteroatoms. The molecule has 1 aromatic carbocycles. The van der Waals surface area contributed by atoms with Gasteiger partial charge in [0.15, 0.2) is 0 Å². The summed E-state index contributed by atoms with van der Waals surface area (Å²) >= 11 is 0. The largest absolute Gasteiger partial charge is 0.315 e. The second kappa shape index (κ2) is 5.48. The predicted octanol–water partition coefficient (Wildman–Crippen LogP) is 0.589. The molecule has 0 bridgehead atoms. The van der Waals surface area contributed by atoms with Crippen molar-refractivity contribution in [2.75, 3.05) is 13.1 Å². The smallest absolute Gasteiger partial charge is 0.240 e. The summed E-state index contributed by atoms with van der Waals surface area (Å²) < 4.78 is 26.8. The van der Waals surface area contributed by atoms with E-state index in [-0.39, 0.29) is 10.9 Å². The Labute approximate surface area is 107 Å². The van der Waals surface area contributed by atoms with E-state index >= 15 is 0 Å². The van der Waals surface area contributed by atoms with Crippen LogP contribution in [-0.4, -0.2) is 27.5 Å². The van der Waals surface area contributed by atoms with Gasteiger partial charge in [-0.1, -0.05) is 0 Å². The fraction of sp³-hybridized carbons (Fsp3) is 0.417. The van der Waals surface area contributed by atoms with E-state index in [2.05, 4.69) is 10.0 Å². The van der Waals surface area contributed by atoms with Crippen LogP contribution in [0, 0.1) is 11.3 Å². The average Bonchev–Trinajstić information content (AvgIpc) is 2.39. The molecule has 1 aromatic rings. The third kappa shape index (κ3) is 3.07. The maximum Gasteiger partial charge on any atom is 0.240 e.